The summed E-state index contributed by atoms with van der Waals surface area (Å²) < 4.78 is 18.0. The topological polar surface area (TPSA) is 75.6 Å². The maximum Gasteiger partial charge on any atom is 0.336 e. The third kappa shape index (κ3) is 3.51. The monoisotopic (exact) mass is 319 g/mol. The van der Waals surface area contributed by atoms with Crippen molar-refractivity contribution in [3.63, 3.8) is 0 Å². The third-order valence-corrected chi connectivity index (χ3v) is 2.74. The molecule has 0 saturated carbocycles. The predicted molar refractivity (Wildman–Crippen MR) is 64.5 cm³/mol. The summed E-state index contributed by atoms with van der Waals surface area (Å²) in [5.74, 6) is -2.30. The van der Waals surface area contributed by atoms with Crippen LogP contribution < -0.4 is 5.32 Å². The van der Waals surface area contributed by atoms with Crippen LogP contribution in [0.1, 0.15) is 10.4 Å². The van der Waals surface area contributed by atoms with Gasteiger partial charge in [0.15, 0.2) is 6.10 Å². The van der Waals surface area contributed by atoms with Gasteiger partial charge in [-0.15, -0.1) is 0 Å². The SMILES string of the molecule is COC(=O)C(O)CNC(=O)c1cccc(Br)c1F. The summed E-state index contributed by atoms with van der Waals surface area (Å²) >= 11 is 2.95. The zero-order valence-electron chi connectivity index (χ0n) is 9.44. The van der Waals surface area contributed by atoms with Gasteiger partial charge in [0.05, 0.1) is 23.7 Å². The number of ether oxygens (including phenoxy) is 1. The number of esters is 1. The van der Waals surface area contributed by atoms with Crippen LogP contribution in [0.15, 0.2) is 22.7 Å². The van der Waals surface area contributed by atoms with Gasteiger partial charge in [-0.1, -0.05) is 6.07 Å². The van der Waals surface area contributed by atoms with E-state index >= 15 is 0 Å². The van der Waals surface area contributed by atoms with Crippen LogP contribution in [0.3, 0.4) is 0 Å². The van der Waals surface area contributed by atoms with Gasteiger partial charge in [-0.25, -0.2) is 9.18 Å². The van der Waals surface area contributed by atoms with Gasteiger partial charge in [0.1, 0.15) is 5.82 Å². The Hall–Kier alpha value is -1.47. The summed E-state index contributed by atoms with van der Waals surface area (Å²) in [6, 6.07) is 4.24. The molecule has 2 N–H and O–H groups in total. The Bertz CT molecular complexity index is 466. The third-order valence-electron chi connectivity index (χ3n) is 2.13. The van der Waals surface area contributed by atoms with Crippen LogP contribution in [-0.4, -0.2) is 36.7 Å². The van der Waals surface area contributed by atoms with Crippen LogP contribution in [-0.2, 0) is 9.53 Å². The molecule has 0 aliphatic heterocycles. The second-order valence-electron chi connectivity index (χ2n) is 3.35. The number of halogens is 2. The molecular weight excluding hydrogens is 309 g/mol. The standard InChI is InChI=1S/C11H11BrFNO4/c1-18-11(17)8(15)5-14-10(16)6-3-2-4-7(12)9(6)13/h2-4,8,15H,5H2,1H3,(H,14,16). The van der Waals surface area contributed by atoms with Crippen LogP contribution in [0.5, 0.6) is 0 Å². The van der Waals surface area contributed by atoms with E-state index in [2.05, 4.69) is 26.0 Å². The van der Waals surface area contributed by atoms with Crippen LogP contribution in [0.4, 0.5) is 4.39 Å². The van der Waals surface area contributed by atoms with Crippen molar-refractivity contribution in [3.8, 4) is 0 Å². The average Bonchev–Trinajstić information content (AvgIpc) is 2.37. The Morgan fingerprint density at radius 2 is 2.22 bits per heavy atom. The lowest BCUT2D eigenvalue weighted by Crippen LogP contribution is -2.37. The molecule has 0 aliphatic carbocycles. The number of aliphatic hydroxyl groups excluding tert-OH is 1. The van der Waals surface area contributed by atoms with E-state index in [1.807, 2.05) is 0 Å². The lowest BCUT2D eigenvalue weighted by molar-refractivity contribution is -0.149. The Kier molecular flexibility index (Phi) is 5.24. The molecular formula is C11H11BrFNO4. The molecule has 0 heterocycles. The zero-order chi connectivity index (χ0) is 13.7. The quantitative estimate of drug-likeness (QED) is 0.807. The fraction of sp³-hybridized carbons (Fsp3) is 0.273. The summed E-state index contributed by atoms with van der Waals surface area (Å²) in [4.78, 5) is 22.5. The van der Waals surface area contributed by atoms with E-state index in [-0.39, 0.29) is 16.6 Å². The van der Waals surface area contributed by atoms with Gasteiger partial charge >= 0.3 is 5.97 Å². The van der Waals surface area contributed by atoms with Crippen molar-refractivity contribution in [1.82, 2.24) is 5.32 Å². The van der Waals surface area contributed by atoms with Crippen LogP contribution >= 0.6 is 15.9 Å². The number of carbonyl (C=O) groups is 2. The molecule has 1 rings (SSSR count). The molecule has 1 atom stereocenters. The summed E-state index contributed by atoms with van der Waals surface area (Å²) in [5.41, 5.74) is -0.179. The van der Waals surface area contributed by atoms with Gasteiger partial charge in [0.2, 0.25) is 0 Å². The minimum atomic E-state index is -1.48. The van der Waals surface area contributed by atoms with Crippen molar-refractivity contribution in [3.05, 3.63) is 34.1 Å². The number of hydrogen-bond donors (Lipinski definition) is 2. The van der Waals surface area contributed by atoms with E-state index in [4.69, 9.17) is 0 Å². The lowest BCUT2D eigenvalue weighted by Gasteiger charge is -2.10. The molecule has 0 bridgehead atoms. The van der Waals surface area contributed by atoms with Crippen molar-refractivity contribution in [2.75, 3.05) is 13.7 Å². The van der Waals surface area contributed by atoms with Gasteiger partial charge in [0, 0.05) is 0 Å². The van der Waals surface area contributed by atoms with E-state index in [1.54, 1.807) is 0 Å². The summed E-state index contributed by atoms with van der Waals surface area (Å²) in [6.45, 7) is -0.350. The first-order valence-electron chi connectivity index (χ1n) is 4.95. The number of carbonyl (C=O) groups excluding carboxylic acids is 2. The number of nitrogens with one attached hydrogen (secondary N) is 1. The van der Waals surface area contributed by atoms with Gasteiger partial charge in [-0.3, -0.25) is 4.79 Å². The highest BCUT2D eigenvalue weighted by Crippen LogP contribution is 2.18. The first-order valence-corrected chi connectivity index (χ1v) is 5.74. The molecule has 1 amide bonds. The van der Waals surface area contributed by atoms with Crippen LogP contribution in [0.2, 0.25) is 0 Å². The molecule has 0 aliphatic rings. The highest BCUT2D eigenvalue weighted by molar-refractivity contribution is 9.10. The fourth-order valence-corrected chi connectivity index (χ4v) is 1.55. The summed E-state index contributed by atoms with van der Waals surface area (Å²) in [7, 11) is 1.11. The number of amides is 1. The van der Waals surface area contributed by atoms with E-state index in [9.17, 15) is 19.1 Å². The molecule has 1 unspecified atom stereocenters. The number of benzene rings is 1. The normalized spacial score (nSPS) is 11.8. The maximum atomic E-state index is 13.5. The Labute approximate surface area is 111 Å². The molecule has 0 fully saturated rings. The predicted octanol–water partition coefficient (Wildman–Crippen LogP) is 0.852. The zero-order valence-corrected chi connectivity index (χ0v) is 11.0. The molecule has 0 spiro atoms. The maximum absolute atomic E-state index is 13.5. The lowest BCUT2D eigenvalue weighted by atomic mass is 10.2. The van der Waals surface area contributed by atoms with Crippen LogP contribution in [0.25, 0.3) is 0 Å². The molecule has 18 heavy (non-hydrogen) atoms. The molecule has 98 valence electrons. The van der Waals surface area contributed by atoms with E-state index in [0.29, 0.717) is 0 Å². The summed E-state index contributed by atoms with van der Waals surface area (Å²) in [6.07, 6.45) is -1.48. The van der Waals surface area contributed by atoms with Gasteiger partial charge in [0.25, 0.3) is 5.91 Å². The van der Waals surface area contributed by atoms with Crippen molar-refractivity contribution < 1.29 is 23.8 Å². The smallest absolute Gasteiger partial charge is 0.336 e. The summed E-state index contributed by atoms with van der Waals surface area (Å²) in [5, 5.41) is 11.5. The van der Waals surface area contributed by atoms with Crippen molar-refractivity contribution in [2.45, 2.75) is 6.10 Å². The van der Waals surface area contributed by atoms with E-state index in [0.717, 1.165) is 7.11 Å². The molecule has 0 aromatic heterocycles. The molecule has 0 saturated heterocycles. The highest BCUT2D eigenvalue weighted by atomic mass is 79.9. The molecule has 1 aromatic rings. The van der Waals surface area contributed by atoms with Gasteiger partial charge in [-0.2, -0.15) is 0 Å². The molecule has 0 radical (unpaired) electrons. The fourth-order valence-electron chi connectivity index (χ4n) is 1.18. The Morgan fingerprint density at radius 3 is 2.83 bits per heavy atom. The van der Waals surface area contributed by atoms with Crippen LogP contribution in [0, 0.1) is 5.82 Å². The van der Waals surface area contributed by atoms with Gasteiger partial charge < -0.3 is 15.2 Å². The number of rotatable bonds is 4. The first-order chi connectivity index (χ1) is 8.47. The Morgan fingerprint density at radius 1 is 1.56 bits per heavy atom. The number of methoxy groups -OCH3 is 1. The first kappa shape index (κ1) is 14.6. The number of aliphatic hydroxyl groups is 1. The largest absolute Gasteiger partial charge is 0.467 e. The number of hydrogen-bond acceptors (Lipinski definition) is 4. The minimum Gasteiger partial charge on any atom is -0.467 e. The Balaban J connectivity index is 2.66. The molecule has 7 heteroatoms. The van der Waals surface area contributed by atoms with Crippen molar-refractivity contribution in [1.29, 1.82) is 0 Å². The minimum absolute atomic E-state index is 0.156. The van der Waals surface area contributed by atoms with E-state index in [1.165, 1.54) is 18.2 Å². The molecule has 1 aromatic carbocycles. The van der Waals surface area contributed by atoms with Gasteiger partial charge in [-0.05, 0) is 28.1 Å². The highest BCUT2D eigenvalue weighted by Gasteiger charge is 2.18. The molecule has 5 nitrogen and oxygen atoms in total. The van der Waals surface area contributed by atoms with Crippen molar-refractivity contribution in [2.24, 2.45) is 0 Å². The second kappa shape index (κ2) is 6.46. The van der Waals surface area contributed by atoms with E-state index < -0.39 is 23.8 Å². The average molecular weight is 320 g/mol. The van der Waals surface area contributed by atoms with Crippen molar-refractivity contribution >= 4 is 27.8 Å². The second-order valence-corrected chi connectivity index (χ2v) is 4.20.